The first-order valence-electron chi connectivity index (χ1n) is 12.7. The highest BCUT2D eigenvalue weighted by molar-refractivity contribution is 6.04. The molecule has 39 heavy (non-hydrogen) atoms. The molecule has 0 amide bonds. The van der Waals surface area contributed by atoms with E-state index in [2.05, 4.69) is 5.32 Å². The molecule has 1 heterocycles. The van der Waals surface area contributed by atoms with E-state index in [0.717, 1.165) is 27.2 Å². The smallest absolute Gasteiger partial charge is 0.265 e. The molecule has 5 aromatic carbocycles. The molecule has 6 aromatic rings. The number of phenols is 1. The zero-order chi connectivity index (χ0) is 27.1. The van der Waals surface area contributed by atoms with Crippen molar-refractivity contribution in [3.8, 4) is 11.5 Å². The lowest BCUT2D eigenvalue weighted by Crippen LogP contribution is -2.27. The number of benzene rings is 5. The number of rotatable bonds is 6. The number of fused-ring (bicyclic) bond motifs is 3. The first-order chi connectivity index (χ1) is 18.9. The normalized spacial score (nSPS) is 12.1. The van der Waals surface area contributed by atoms with Crippen molar-refractivity contribution in [2.45, 2.75) is 12.5 Å². The lowest BCUT2D eigenvalue weighted by Gasteiger charge is -2.24. The fourth-order valence-electron chi connectivity index (χ4n) is 5.43. The van der Waals surface area contributed by atoms with Crippen LogP contribution in [0.25, 0.3) is 32.4 Å². The van der Waals surface area contributed by atoms with Crippen LogP contribution in [0.5, 0.6) is 11.5 Å². The van der Waals surface area contributed by atoms with Crippen molar-refractivity contribution in [3.05, 3.63) is 125 Å². The minimum absolute atomic E-state index is 0.0369. The Labute approximate surface area is 224 Å². The highest BCUT2D eigenvalue weighted by atomic mass is 16.3. The highest BCUT2D eigenvalue weighted by Crippen LogP contribution is 2.38. The average Bonchev–Trinajstić information content (AvgIpc) is 2.96. The van der Waals surface area contributed by atoms with E-state index in [1.165, 1.54) is 4.57 Å². The number of hydrogen-bond donors (Lipinski definition) is 3. The molecule has 0 fully saturated rings. The number of para-hydroxylation sites is 1. The summed E-state index contributed by atoms with van der Waals surface area (Å²) >= 11 is 0. The van der Waals surface area contributed by atoms with E-state index in [1.807, 2.05) is 72.8 Å². The number of carbonyl (C=O) groups is 1. The largest absolute Gasteiger partial charge is 0.508 e. The van der Waals surface area contributed by atoms with Crippen LogP contribution in [-0.4, -0.2) is 20.6 Å². The Morgan fingerprint density at radius 2 is 1.38 bits per heavy atom. The predicted octanol–water partition coefficient (Wildman–Crippen LogP) is 6.68. The van der Waals surface area contributed by atoms with Gasteiger partial charge >= 0.3 is 0 Å². The lowest BCUT2D eigenvalue weighted by molar-refractivity contribution is 0.0972. The van der Waals surface area contributed by atoms with Gasteiger partial charge in [0.2, 0.25) is 0 Å². The van der Waals surface area contributed by atoms with Crippen molar-refractivity contribution in [1.82, 2.24) is 4.57 Å². The number of nitrogens with zero attached hydrogens (tertiary/aromatic N) is 1. The summed E-state index contributed by atoms with van der Waals surface area (Å²) in [6.07, 6.45) is -0.175. The third kappa shape index (κ3) is 4.16. The van der Waals surface area contributed by atoms with Crippen LogP contribution in [0, 0.1) is 0 Å². The third-order valence-electron chi connectivity index (χ3n) is 7.36. The summed E-state index contributed by atoms with van der Waals surface area (Å²) in [6.45, 7) is 0. The van der Waals surface area contributed by atoms with Gasteiger partial charge < -0.3 is 20.1 Å². The maximum atomic E-state index is 13.9. The van der Waals surface area contributed by atoms with Gasteiger partial charge in [0.15, 0.2) is 5.78 Å². The third-order valence-corrected chi connectivity index (χ3v) is 7.36. The molecule has 1 atom stereocenters. The number of carbonyl (C=O) groups excluding carboxylic acids is 1. The Hall–Kier alpha value is -5.10. The Bertz CT molecular complexity index is 1950. The van der Waals surface area contributed by atoms with Gasteiger partial charge in [-0.2, -0.15) is 0 Å². The lowest BCUT2D eigenvalue weighted by atomic mass is 9.92. The van der Waals surface area contributed by atoms with E-state index >= 15 is 0 Å². The standard InChI is InChI=1S/C33H26N2O4/c1-35-27-16-7-6-14-24(27)32(38)31(33(35)39)29(37)19-26(30-23-13-5-3-10-21(23)17-18-28(30)36)34-25-15-8-11-20-9-2-4-12-22(20)25/h2-18,26,34,36,38H,19H2,1H3/t26-/m1/s1. The number of nitrogens with one attached hydrogen (secondary N) is 1. The summed E-state index contributed by atoms with van der Waals surface area (Å²) in [6, 6.07) is 31.1. The maximum Gasteiger partial charge on any atom is 0.265 e. The minimum Gasteiger partial charge on any atom is -0.508 e. The van der Waals surface area contributed by atoms with Crippen LogP contribution in [0.1, 0.15) is 28.4 Å². The van der Waals surface area contributed by atoms with Crippen molar-refractivity contribution in [2.24, 2.45) is 7.05 Å². The van der Waals surface area contributed by atoms with Crippen LogP contribution in [-0.2, 0) is 7.05 Å². The summed E-state index contributed by atoms with van der Waals surface area (Å²) in [5.41, 5.74) is 1.04. The number of ketones is 1. The van der Waals surface area contributed by atoms with Crippen LogP contribution in [0.2, 0.25) is 0 Å². The zero-order valence-electron chi connectivity index (χ0n) is 21.3. The zero-order valence-corrected chi connectivity index (χ0v) is 21.3. The van der Waals surface area contributed by atoms with Crippen LogP contribution in [0.3, 0.4) is 0 Å². The van der Waals surface area contributed by atoms with Crippen LogP contribution in [0.15, 0.2) is 108 Å². The molecule has 1 aromatic heterocycles. The summed E-state index contributed by atoms with van der Waals surface area (Å²) in [7, 11) is 1.59. The number of aryl methyl sites for hydroxylation is 1. The van der Waals surface area contributed by atoms with E-state index in [4.69, 9.17) is 0 Å². The van der Waals surface area contributed by atoms with Gasteiger partial charge in [0.05, 0.1) is 11.6 Å². The molecule has 0 aliphatic carbocycles. The van der Waals surface area contributed by atoms with Crippen molar-refractivity contribution in [1.29, 1.82) is 0 Å². The van der Waals surface area contributed by atoms with E-state index in [9.17, 15) is 19.8 Å². The van der Waals surface area contributed by atoms with E-state index in [0.29, 0.717) is 16.5 Å². The van der Waals surface area contributed by atoms with Crippen LogP contribution < -0.4 is 10.9 Å². The fraction of sp³-hybridized carbons (Fsp3) is 0.0909. The monoisotopic (exact) mass is 514 g/mol. The van der Waals surface area contributed by atoms with E-state index in [-0.39, 0.29) is 23.5 Å². The molecule has 0 aliphatic heterocycles. The molecular weight excluding hydrogens is 488 g/mol. The van der Waals surface area contributed by atoms with Gasteiger partial charge in [-0.15, -0.1) is 0 Å². The second-order valence-corrected chi connectivity index (χ2v) is 9.68. The maximum absolute atomic E-state index is 13.9. The molecule has 3 N–H and O–H groups in total. The Balaban J connectivity index is 1.52. The number of Topliss-reactive ketones (excluding diaryl/α,β-unsaturated/α-hetero) is 1. The van der Waals surface area contributed by atoms with Gasteiger partial charge in [-0.25, -0.2) is 0 Å². The number of aromatic hydroxyl groups is 2. The van der Waals surface area contributed by atoms with Crippen LogP contribution >= 0.6 is 0 Å². The molecule has 6 rings (SSSR count). The molecule has 0 unspecified atom stereocenters. The summed E-state index contributed by atoms with van der Waals surface area (Å²) in [4.78, 5) is 27.2. The first kappa shape index (κ1) is 24.2. The molecule has 192 valence electrons. The molecule has 6 heteroatoms. The highest BCUT2D eigenvalue weighted by Gasteiger charge is 2.27. The minimum atomic E-state index is -0.704. The van der Waals surface area contributed by atoms with Gasteiger partial charge in [-0.05, 0) is 40.4 Å². The predicted molar refractivity (Wildman–Crippen MR) is 156 cm³/mol. The van der Waals surface area contributed by atoms with Gasteiger partial charge in [-0.1, -0.05) is 78.9 Å². The van der Waals surface area contributed by atoms with Crippen molar-refractivity contribution in [2.75, 3.05) is 5.32 Å². The Morgan fingerprint density at radius 3 is 2.15 bits per heavy atom. The molecule has 6 nitrogen and oxygen atoms in total. The molecule has 0 aliphatic rings. The SMILES string of the molecule is Cn1c(=O)c(C(=O)C[C@@H](Nc2cccc3ccccc23)c2c(O)ccc3ccccc23)c(O)c2ccccc21. The molecular formula is C33H26N2O4. The first-order valence-corrected chi connectivity index (χ1v) is 12.7. The van der Waals surface area contributed by atoms with Gasteiger partial charge in [-0.3, -0.25) is 9.59 Å². The summed E-state index contributed by atoms with van der Waals surface area (Å²) in [5, 5.41) is 29.7. The van der Waals surface area contributed by atoms with E-state index in [1.54, 1.807) is 37.4 Å². The second kappa shape index (κ2) is 9.65. The molecule has 0 saturated heterocycles. The molecule has 0 bridgehead atoms. The quantitative estimate of drug-likeness (QED) is 0.216. The topological polar surface area (TPSA) is 91.6 Å². The summed E-state index contributed by atoms with van der Waals surface area (Å²) < 4.78 is 1.38. The second-order valence-electron chi connectivity index (χ2n) is 9.68. The van der Waals surface area contributed by atoms with Gasteiger partial charge in [0.25, 0.3) is 5.56 Å². The van der Waals surface area contributed by atoms with E-state index < -0.39 is 17.4 Å². The number of hydrogen-bond acceptors (Lipinski definition) is 5. The fourth-order valence-corrected chi connectivity index (χ4v) is 5.43. The number of phenolic OH excluding ortho intramolecular Hbond substituents is 1. The van der Waals surface area contributed by atoms with Crippen molar-refractivity contribution in [3.63, 3.8) is 0 Å². The molecule has 0 saturated carbocycles. The molecule has 0 spiro atoms. The average molecular weight is 515 g/mol. The number of anilines is 1. The Kier molecular flexibility index (Phi) is 6.00. The van der Waals surface area contributed by atoms with Gasteiger partial charge in [0.1, 0.15) is 17.1 Å². The Morgan fingerprint density at radius 1 is 0.769 bits per heavy atom. The number of aromatic nitrogens is 1. The molecule has 0 radical (unpaired) electrons. The number of pyridine rings is 1. The summed E-state index contributed by atoms with van der Waals surface area (Å²) in [5.74, 6) is -0.816. The van der Waals surface area contributed by atoms with Crippen LogP contribution in [0.4, 0.5) is 5.69 Å². The van der Waals surface area contributed by atoms with Gasteiger partial charge in [0, 0.05) is 35.5 Å². The van der Waals surface area contributed by atoms with Crippen molar-refractivity contribution >= 4 is 43.9 Å². The van der Waals surface area contributed by atoms with Crippen molar-refractivity contribution < 1.29 is 15.0 Å².